The van der Waals surface area contributed by atoms with Gasteiger partial charge in [0, 0.05) is 43.5 Å². The predicted octanol–water partition coefficient (Wildman–Crippen LogP) is 10.4. The molecule has 0 aliphatic carbocycles. The summed E-state index contributed by atoms with van der Waals surface area (Å²) in [4.78, 5) is 14.7. The second-order valence-electron chi connectivity index (χ2n) is 10.2. The highest BCUT2D eigenvalue weighted by molar-refractivity contribution is 9.10. The van der Waals surface area contributed by atoms with Gasteiger partial charge in [0.25, 0.3) is 0 Å². The maximum Gasteiger partial charge on any atom is 0.160 e. The maximum absolute atomic E-state index is 6.09. The summed E-state index contributed by atoms with van der Waals surface area (Å²) in [6.07, 6.45) is 1.83. The van der Waals surface area contributed by atoms with Crippen LogP contribution in [0.3, 0.4) is 0 Å². The third kappa shape index (κ3) is 4.35. The topological polar surface area (TPSA) is 51.8 Å². The van der Waals surface area contributed by atoms with Crippen molar-refractivity contribution in [3.8, 4) is 45.0 Å². The number of benzene rings is 5. The fraction of sp³-hybridized carbons (Fsp3) is 0. The Morgan fingerprint density at radius 2 is 1.26 bits per heavy atom. The van der Waals surface area contributed by atoms with Crippen LogP contribution in [0.2, 0.25) is 0 Å². The fourth-order valence-electron chi connectivity index (χ4n) is 5.59. The number of pyridine rings is 1. The highest BCUT2D eigenvalue weighted by Crippen LogP contribution is 2.36. The quantitative estimate of drug-likeness (QED) is 0.201. The van der Waals surface area contributed by atoms with Crippen LogP contribution in [0.25, 0.3) is 77.9 Å². The van der Waals surface area contributed by atoms with Crippen molar-refractivity contribution in [2.75, 3.05) is 0 Å². The highest BCUT2D eigenvalue weighted by Gasteiger charge is 2.15. The monoisotopic (exact) mass is 603 g/mol. The van der Waals surface area contributed by atoms with Crippen molar-refractivity contribution in [3.05, 3.63) is 138 Å². The van der Waals surface area contributed by atoms with Gasteiger partial charge in [-0.25, -0.2) is 9.97 Å². The van der Waals surface area contributed by atoms with Crippen LogP contribution in [0.5, 0.6) is 0 Å². The molecule has 0 saturated carbocycles. The van der Waals surface area contributed by atoms with Crippen LogP contribution in [0.4, 0.5) is 0 Å². The molecule has 0 bridgehead atoms. The van der Waals surface area contributed by atoms with Crippen molar-refractivity contribution in [1.82, 2.24) is 15.0 Å². The van der Waals surface area contributed by atoms with Crippen LogP contribution >= 0.6 is 15.9 Å². The maximum atomic E-state index is 6.09. The van der Waals surface area contributed by atoms with Crippen LogP contribution in [0, 0.1) is 0 Å². The summed E-state index contributed by atoms with van der Waals surface area (Å²) in [5, 5.41) is 3.27. The van der Waals surface area contributed by atoms with E-state index in [-0.39, 0.29) is 0 Å². The van der Waals surface area contributed by atoms with Gasteiger partial charge in [0.05, 0.1) is 16.9 Å². The molecule has 0 amide bonds. The van der Waals surface area contributed by atoms with E-state index in [4.69, 9.17) is 14.4 Å². The normalized spacial score (nSPS) is 11.5. The van der Waals surface area contributed by atoms with Crippen molar-refractivity contribution < 1.29 is 4.42 Å². The zero-order valence-corrected chi connectivity index (χ0v) is 23.9. The van der Waals surface area contributed by atoms with Crippen LogP contribution in [-0.4, -0.2) is 15.0 Å². The van der Waals surface area contributed by atoms with Gasteiger partial charge in [-0.05, 0) is 71.8 Å². The molecular formula is C37H22BrN3O. The van der Waals surface area contributed by atoms with Gasteiger partial charge in [-0.1, -0.05) is 82.7 Å². The lowest BCUT2D eigenvalue weighted by atomic mass is 9.97. The molecule has 8 aromatic rings. The second-order valence-corrected chi connectivity index (χ2v) is 11.2. The van der Waals surface area contributed by atoms with Gasteiger partial charge in [0.1, 0.15) is 11.2 Å². The Morgan fingerprint density at radius 3 is 2.17 bits per heavy atom. The van der Waals surface area contributed by atoms with Crippen molar-refractivity contribution in [2.24, 2.45) is 0 Å². The van der Waals surface area contributed by atoms with Gasteiger partial charge in [-0.15, -0.1) is 0 Å². The van der Waals surface area contributed by atoms with Gasteiger partial charge in [-0.2, -0.15) is 0 Å². The Kier molecular flexibility index (Phi) is 5.90. The third-order valence-corrected chi connectivity index (χ3v) is 8.04. The third-order valence-electron chi connectivity index (χ3n) is 7.58. The molecule has 3 aromatic heterocycles. The first kappa shape index (κ1) is 24.6. The Bertz CT molecular complexity index is 2270. The predicted molar refractivity (Wildman–Crippen MR) is 174 cm³/mol. The number of halogens is 1. The van der Waals surface area contributed by atoms with Gasteiger partial charge in [0.2, 0.25) is 0 Å². The number of rotatable bonds is 4. The van der Waals surface area contributed by atoms with Gasteiger partial charge in [-0.3, -0.25) is 4.98 Å². The zero-order chi connectivity index (χ0) is 28.0. The van der Waals surface area contributed by atoms with Crippen molar-refractivity contribution in [1.29, 1.82) is 0 Å². The lowest BCUT2D eigenvalue weighted by Crippen LogP contribution is -1.96. The summed E-state index contributed by atoms with van der Waals surface area (Å²) < 4.78 is 7.06. The van der Waals surface area contributed by atoms with Crippen molar-refractivity contribution in [3.63, 3.8) is 0 Å². The molecule has 0 aliphatic rings. The van der Waals surface area contributed by atoms with Crippen molar-refractivity contribution >= 4 is 48.8 Å². The smallest absolute Gasteiger partial charge is 0.160 e. The Balaban J connectivity index is 1.33. The van der Waals surface area contributed by atoms with Gasteiger partial charge in [0.15, 0.2) is 5.82 Å². The van der Waals surface area contributed by atoms with E-state index in [0.717, 1.165) is 76.5 Å². The molecule has 0 spiro atoms. The average Bonchev–Trinajstić information content (AvgIpc) is 3.42. The van der Waals surface area contributed by atoms with Crippen LogP contribution in [0.15, 0.2) is 142 Å². The molecule has 198 valence electrons. The summed E-state index contributed by atoms with van der Waals surface area (Å²) in [5.41, 5.74) is 9.57. The largest absolute Gasteiger partial charge is 0.456 e. The Hall–Kier alpha value is -5.13. The lowest BCUT2D eigenvalue weighted by Gasteiger charge is -2.12. The highest BCUT2D eigenvalue weighted by atomic mass is 79.9. The molecule has 5 aromatic carbocycles. The molecule has 4 nitrogen and oxygen atoms in total. The number of para-hydroxylation sites is 1. The van der Waals surface area contributed by atoms with Crippen molar-refractivity contribution in [2.45, 2.75) is 0 Å². The van der Waals surface area contributed by atoms with Crippen LogP contribution < -0.4 is 0 Å². The van der Waals surface area contributed by atoms with E-state index in [2.05, 4.69) is 81.6 Å². The molecule has 0 saturated heterocycles. The minimum Gasteiger partial charge on any atom is -0.456 e. The molecule has 42 heavy (non-hydrogen) atoms. The fourth-order valence-corrected chi connectivity index (χ4v) is 6.09. The SMILES string of the molecule is Brc1cc(-c2cc(-c3ccc4oc5ccccc5c4c3)nc(-c3ccccc3)n2)cc(-c2cccc3ncccc23)c1. The number of nitrogens with zero attached hydrogens (tertiary/aromatic N) is 3. The van der Waals surface area contributed by atoms with E-state index >= 15 is 0 Å². The zero-order valence-electron chi connectivity index (χ0n) is 22.3. The number of furan rings is 1. The minimum absolute atomic E-state index is 0.677. The van der Waals surface area contributed by atoms with Gasteiger partial charge >= 0.3 is 0 Å². The molecule has 0 radical (unpaired) electrons. The van der Waals surface area contributed by atoms with Crippen LogP contribution in [-0.2, 0) is 0 Å². The second kappa shape index (κ2) is 10.1. The van der Waals surface area contributed by atoms with E-state index in [9.17, 15) is 0 Å². The Labute approximate surface area is 250 Å². The summed E-state index contributed by atoms with van der Waals surface area (Å²) in [7, 11) is 0. The Morgan fingerprint density at radius 1 is 0.500 bits per heavy atom. The molecule has 0 fully saturated rings. The molecule has 0 unspecified atom stereocenters. The molecule has 0 aliphatic heterocycles. The van der Waals surface area contributed by atoms with E-state index < -0.39 is 0 Å². The molecule has 0 atom stereocenters. The summed E-state index contributed by atoms with van der Waals surface area (Å²) in [6.45, 7) is 0. The van der Waals surface area contributed by atoms with E-state index in [1.54, 1.807) is 0 Å². The van der Waals surface area contributed by atoms with Gasteiger partial charge < -0.3 is 4.42 Å². The molecule has 5 heteroatoms. The molecule has 8 rings (SSSR count). The molecule has 3 heterocycles. The number of aromatic nitrogens is 3. The summed E-state index contributed by atoms with van der Waals surface area (Å²) in [5.74, 6) is 0.677. The number of hydrogen-bond donors (Lipinski definition) is 0. The first-order chi connectivity index (χ1) is 20.7. The molecule has 0 N–H and O–H groups in total. The average molecular weight is 605 g/mol. The molecular weight excluding hydrogens is 582 g/mol. The lowest BCUT2D eigenvalue weighted by molar-refractivity contribution is 0.669. The van der Waals surface area contributed by atoms with E-state index in [1.165, 1.54) is 0 Å². The first-order valence-electron chi connectivity index (χ1n) is 13.7. The number of fused-ring (bicyclic) bond motifs is 4. The standard InChI is InChI=1S/C37H22BrN3O/c38-27-19-25(28-11-6-13-32-29(28)12-7-17-39-32)18-26(20-27)34-22-33(40-37(41-34)23-8-2-1-3-9-23)24-15-16-36-31(21-24)30-10-4-5-14-35(30)42-36/h1-22H. The van der Waals surface area contributed by atoms with E-state index in [0.29, 0.717) is 5.82 Å². The first-order valence-corrected chi connectivity index (χ1v) is 14.5. The summed E-state index contributed by atoms with van der Waals surface area (Å²) in [6, 6.07) is 43.4. The number of hydrogen-bond acceptors (Lipinski definition) is 4. The van der Waals surface area contributed by atoms with E-state index in [1.807, 2.05) is 72.9 Å². The van der Waals surface area contributed by atoms with Crippen LogP contribution in [0.1, 0.15) is 0 Å². The minimum atomic E-state index is 0.677. The summed E-state index contributed by atoms with van der Waals surface area (Å²) >= 11 is 3.77.